The number of ether oxygens (including phenoxy) is 1. The Balaban J connectivity index is 1.68. The van der Waals surface area contributed by atoms with Crippen molar-refractivity contribution in [3.63, 3.8) is 0 Å². The number of rotatable bonds is 13. The maximum Gasteiger partial charge on any atom is 0.347 e. The molecule has 1 aromatic heterocycles. The standard InChI is InChI=1S/C26H31NO7S3/c1-4-18-27(19-8-9-20-12-14-21(15-13-20)34-26(2,3)25(28)29)37(32,33)24-17-16-23(35-24)36(30,31)22-10-6-5-7-11-22/h5-7,10-17H,4,8-9,18-19H2,1-3H3,(H,28,29). The minimum absolute atomic E-state index is 0.00185. The second kappa shape index (κ2) is 11.8. The molecule has 0 spiro atoms. The topological polar surface area (TPSA) is 118 Å². The van der Waals surface area contributed by atoms with Crippen molar-refractivity contribution in [2.45, 2.75) is 58.9 Å². The van der Waals surface area contributed by atoms with E-state index in [1.165, 1.54) is 42.4 Å². The van der Waals surface area contributed by atoms with E-state index in [1.54, 1.807) is 30.3 Å². The highest BCUT2D eigenvalue weighted by atomic mass is 32.3. The van der Waals surface area contributed by atoms with Gasteiger partial charge in [0, 0.05) is 13.1 Å². The van der Waals surface area contributed by atoms with Crippen LogP contribution in [0.1, 0.15) is 39.2 Å². The van der Waals surface area contributed by atoms with Crippen LogP contribution in [0.25, 0.3) is 0 Å². The maximum atomic E-state index is 13.4. The van der Waals surface area contributed by atoms with E-state index in [4.69, 9.17) is 4.74 Å². The first-order valence-corrected chi connectivity index (χ1v) is 15.5. The number of carbonyl (C=O) groups is 1. The quantitative estimate of drug-likeness (QED) is 0.315. The van der Waals surface area contributed by atoms with Gasteiger partial charge in [-0.1, -0.05) is 37.3 Å². The molecular weight excluding hydrogens is 534 g/mol. The van der Waals surface area contributed by atoms with E-state index in [1.807, 2.05) is 19.1 Å². The number of thiophene rings is 1. The first kappa shape index (κ1) is 28.8. The number of hydrogen-bond donors (Lipinski definition) is 1. The van der Waals surface area contributed by atoms with Crippen LogP contribution in [0.15, 0.2) is 80.0 Å². The van der Waals surface area contributed by atoms with E-state index in [0.29, 0.717) is 31.6 Å². The summed E-state index contributed by atoms with van der Waals surface area (Å²) in [5.41, 5.74) is -0.389. The highest BCUT2D eigenvalue weighted by Crippen LogP contribution is 2.32. The third kappa shape index (κ3) is 6.98. The molecule has 0 aliphatic carbocycles. The fourth-order valence-corrected chi connectivity index (χ4v) is 8.47. The van der Waals surface area contributed by atoms with Gasteiger partial charge in [-0.05, 0) is 75.1 Å². The van der Waals surface area contributed by atoms with Crippen molar-refractivity contribution in [1.29, 1.82) is 0 Å². The molecule has 2 aromatic carbocycles. The third-order valence-electron chi connectivity index (χ3n) is 5.63. The lowest BCUT2D eigenvalue weighted by Crippen LogP contribution is -2.37. The Morgan fingerprint density at radius 1 is 0.919 bits per heavy atom. The zero-order valence-electron chi connectivity index (χ0n) is 21.0. The van der Waals surface area contributed by atoms with E-state index in [-0.39, 0.29) is 19.9 Å². The van der Waals surface area contributed by atoms with Gasteiger partial charge < -0.3 is 9.84 Å². The van der Waals surface area contributed by atoms with E-state index in [0.717, 1.165) is 16.9 Å². The normalized spacial score (nSPS) is 12.5. The number of hydrogen-bond acceptors (Lipinski definition) is 7. The number of aryl methyl sites for hydroxylation is 1. The van der Waals surface area contributed by atoms with Crippen molar-refractivity contribution in [3.05, 3.63) is 72.3 Å². The van der Waals surface area contributed by atoms with Gasteiger partial charge in [0.1, 0.15) is 14.2 Å². The lowest BCUT2D eigenvalue weighted by molar-refractivity contribution is -0.152. The number of carboxylic acid groups (broad SMARTS) is 1. The van der Waals surface area contributed by atoms with Crippen LogP contribution in [0, 0.1) is 0 Å². The van der Waals surface area contributed by atoms with Crippen LogP contribution in [0.2, 0.25) is 0 Å². The lowest BCUT2D eigenvalue weighted by atomic mass is 10.1. The fraction of sp³-hybridized carbons (Fsp3) is 0.346. The lowest BCUT2D eigenvalue weighted by Gasteiger charge is -2.22. The van der Waals surface area contributed by atoms with Gasteiger partial charge in [-0.3, -0.25) is 0 Å². The summed E-state index contributed by atoms with van der Waals surface area (Å²) in [6.45, 7) is 5.43. The Labute approximate surface area is 222 Å². The average Bonchev–Trinajstić information content (AvgIpc) is 3.37. The number of sulfone groups is 1. The van der Waals surface area contributed by atoms with Gasteiger partial charge in [-0.2, -0.15) is 4.31 Å². The molecule has 1 N–H and O–H groups in total. The molecule has 0 saturated carbocycles. The van der Waals surface area contributed by atoms with Crippen molar-refractivity contribution in [2.24, 2.45) is 0 Å². The van der Waals surface area contributed by atoms with Gasteiger partial charge in [0.15, 0.2) is 5.60 Å². The number of benzene rings is 2. The molecule has 3 rings (SSSR count). The van der Waals surface area contributed by atoms with Gasteiger partial charge in [0.05, 0.1) is 4.90 Å². The molecule has 11 heteroatoms. The summed E-state index contributed by atoms with van der Waals surface area (Å²) >= 11 is 0.760. The Morgan fingerprint density at radius 2 is 1.54 bits per heavy atom. The van der Waals surface area contributed by atoms with E-state index in [2.05, 4.69) is 0 Å². The first-order chi connectivity index (χ1) is 17.4. The van der Waals surface area contributed by atoms with E-state index >= 15 is 0 Å². The molecule has 0 bridgehead atoms. The van der Waals surface area contributed by atoms with Crippen LogP contribution in [-0.4, -0.2) is 50.9 Å². The fourth-order valence-electron chi connectivity index (χ4n) is 3.55. The minimum atomic E-state index is -3.86. The van der Waals surface area contributed by atoms with Crippen molar-refractivity contribution < 1.29 is 31.5 Å². The molecular formula is C26H31NO7S3. The molecule has 0 aliphatic heterocycles. The highest BCUT2D eigenvalue weighted by Gasteiger charge is 2.30. The molecule has 0 fully saturated rings. The highest BCUT2D eigenvalue weighted by molar-refractivity contribution is 7.95. The predicted octanol–water partition coefficient (Wildman–Crippen LogP) is 4.86. The zero-order valence-corrected chi connectivity index (χ0v) is 23.4. The number of sulfonamides is 1. The first-order valence-electron chi connectivity index (χ1n) is 11.8. The van der Waals surface area contributed by atoms with Crippen LogP contribution >= 0.6 is 11.3 Å². The molecule has 0 saturated heterocycles. The molecule has 37 heavy (non-hydrogen) atoms. The number of carboxylic acids is 1. The van der Waals surface area contributed by atoms with Crippen molar-refractivity contribution in [1.82, 2.24) is 4.31 Å². The van der Waals surface area contributed by atoms with E-state index < -0.39 is 31.4 Å². The molecule has 0 aliphatic rings. The molecule has 200 valence electrons. The van der Waals surface area contributed by atoms with Crippen LogP contribution in [0.3, 0.4) is 0 Å². The molecule has 8 nitrogen and oxygen atoms in total. The van der Waals surface area contributed by atoms with Gasteiger partial charge in [-0.25, -0.2) is 21.6 Å². The third-order valence-corrected chi connectivity index (χ3v) is 11.3. The summed E-state index contributed by atoms with van der Waals surface area (Å²) in [7, 11) is -7.66. The SMILES string of the molecule is CCCN(CCCc1ccc(OC(C)(C)C(=O)O)cc1)S(=O)(=O)c1ccc(S(=O)(=O)c2ccccc2)s1. The zero-order chi connectivity index (χ0) is 27.3. The van der Waals surface area contributed by atoms with Crippen molar-refractivity contribution in [3.8, 4) is 5.75 Å². The smallest absolute Gasteiger partial charge is 0.347 e. The second-order valence-electron chi connectivity index (χ2n) is 8.96. The Kier molecular flexibility index (Phi) is 9.17. The summed E-state index contributed by atoms with van der Waals surface area (Å²) in [5.74, 6) is -0.630. The van der Waals surface area contributed by atoms with Crippen LogP contribution in [-0.2, 0) is 31.1 Å². The molecule has 0 atom stereocenters. The van der Waals surface area contributed by atoms with Gasteiger partial charge in [0.25, 0.3) is 10.0 Å². The van der Waals surface area contributed by atoms with Crippen LogP contribution < -0.4 is 4.74 Å². The van der Waals surface area contributed by atoms with Gasteiger partial charge in [-0.15, -0.1) is 11.3 Å². The van der Waals surface area contributed by atoms with Crippen molar-refractivity contribution in [2.75, 3.05) is 13.1 Å². The van der Waals surface area contributed by atoms with Crippen molar-refractivity contribution >= 4 is 37.2 Å². The van der Waals surface area contributed by atoms with Gasteiger partial charge >= 0.3 is 5.97 Å². The maximum absolute atomic E-state index is 13.4. The monoisotopic (exact) mass is 565 g/mol. The summed E-state index contributed by atoms with van der Waals surface area (Å²) in [5, 5.41) is 9.20. The molecule has 0 unspecified atom stereocenters. The molecule has 3 aromatic rings. The van der Waals surface area contributed by atoms with E-state index in [9.17, 15) is 26.7 Å². The number of nitrogens with zero attached hydrogens (tertiary/aromatic N) is 1. The molecule has 0 radical (unpaired) electrons. The van der Waals surface area contributed by atoms with Crippen LogP contribution in [0.4, 0.5) is 0 Å². The van der Waals surface area contributed by atoms with Crippen LogP contribution in [0.5, 0.6) is 5.75 Å². The summed E-state index contributed by atoms with van der Waals surface area (Å²) < 4.78 is 59.4. The minimum Gasteiger partial charge on any atom is -0.478 e. The average molecular weight is 566 g/mol. The summed E-state index contributed by atoms with van der Waals surface area (Å²) in [6, 6.07) is 17.7. The van der Waals surface area contributed by atoms with Gasteiger partial charge in [0.2, 0.25) is 9.84 Å². The Hall–Kier alpha value is -2.73. The Bertz CT molecular complexity index is 1410. The second-order valence-corrected chi connectivity index (χ2v) is 14.4. The summed E-state index contributed by atoms with van der Waals surface area (Å²) in [6.07, 6.45) is 1.78. The Morgan fingerprint density at radius 3 is 2.14 bits per heavy atom. The largest absolute Gasteiger partial charge is 0.478 e. The molecule has 1 heterocycles. The number of aliphatic carboxylic acids is 1. The summed E-state index contributed by atoms with van der Waals surface area (Å²) in [4.78, 5) is 11.4. The predicted molar refractivity (Wildman–Crippen MR) is 142 cm³/mol. The molecule has 0 amide bonds.